The summed E-state index contributed by atoms with van der Waals surface area (Å²) in [5.41, 5.74) is 1.91. The molecule has 0 bridgehead atoms. The van der Waals surface area contributed by atoms with Gasteiger partial charge >= 0.3 is 0 Å². The minimum Gasteiger partial charge on any atom is -0.333 e. The monoisotopic (exact) mass is 443 g/mol. The van der Waals surface area contributed by atoms with Crippen LogP contribution < -0.4 is 0 Å². The lowest BCUT2D eigenvalue weighted by atomic mass is 10.1. The van der Waals surface area contributed by atoms with Crippen molar-refractivity contribution in [3.8, 4) is 0 Å². The Kier molecular flexibility index (Phi) is 6.04. The molecule has 1 amide bonds. The Balaban J connectivity index is 2.20. The first-order valence-electron chi connectivity index (χ1n) is 6.36. The molecule has 0 atom stereocenters. The Morgan fingerprint density at radius 3 is 2.35 bits per heavy atom. The van der Waals surface area contributed by atoms with Gasteiger partial charge in [-0.05, 0) is 40.3 Å². The van der Waals surface area contributed by atoms with Crippen LogP contribution in [0, 0.1) is 3.57 Å². The number of carbonyl (C=O) groups is 1. The van der Waals surface area contributed by atoms with Gasteiger partial charge in [0, 0.05) is 22.0 Å². The van der Waals surface area contributed by atoms with Crippen LogP contribution in [0.4, 0.5) is 0 Å². The molecule has 20 heavy (non-hydrogen) atoms. The zero-order chi connectivity index (χ0) is 14.4. The van der Waals surface area contributed by atoms with Gasteiger partial charge < -0.3 is 4.90 Å². The number of amides is 1. The summed E-state index contributed by atoms with van der Waals surface area (Å²) in [5, 5.41) is 0.773. The van der Waals surface area contributed by atoms with Crippen LogP contribution >= 0.6 is 38.5 Å². The molecule has 0 N–H and O–H groups in total. The van der Waals surface area contributed by atoms with Gasteiger partial charge in [0.25, 0.3) is 5.91 Å². The number of nitrogens with zero attached hydrogens (tertiary/aromatic N) is 1. The van der Waals surface area contributed by atoms with Crippen molar-refractivity contribution in [1.29, 1.82) is 0 Å². The van der Waals surface area contributed by atoms with Gasteiger partial charge in [0.2, 0.25) is 0 Å². The minimum absolute atomic E-state index is 0.0818. The Hall–Kier alpha value is -0.880. The van der Waals surface area contributed by atoms with Crippen molar-refractivity contribution in [2.75, 3.05) is 11.9 Å². The Morgan fingerprint density at radius 2 is 1.70 bits per heavy atom. The van der Waals surface area contributed by atoms with E-state index >= 15 is 0 Å². The van der Waals surface area contributed by atoms with Gasteiger partial charge in [0.15, 0.2) is 0 Å². The summed E-state index contributed by atoms with van der Waals surface area (Å²) in [6.45, 7) is 1.33. The van der Waals surface area contributed by atoms with E-state index in [1.807, 2.05) is 59.5 Å². The first kappa shape index (κ1) is 15.5. The second kappa shape index (κ2) is 7.78. The molecule has 0 spiro atoms. The van der Waals surface area contributed by atoms with Crippen LogP contribution in [0.2, 0.25) is 0 Å². The van der Waals surface area contributed by atoms with E-state index in [-0.39, 0.29) is 5.91 Å². The van der Waals surface area contributed by atoms with Crippen molar-refractivity contribution in [1.82, 2.24) is 4.90 Å². The molecule has 0 aliphatic carbocycles. The van der Waals surface area contributed by atoms with Gasteiger partial charge in [-0.25, -0.2) is 0 Å². The second-order valence-electron chi connectivity index (χ2n) is 4.38. The van der Waals surface area contributed by atoms with E-state index in [1.165, 1.54) is 0 Å². The molecule has 0 heterocycles. The summed E-state index contributed by atoms with van der Waals surface area (Å²) >= 11 is 5.64. The lowest BCUT2D eigenvalue weighted by Crippen LogP contribution is -2.32. The van der Waals surface area contributed by atoms with E-state index in [1.54, 1.807) is 0 Å². The lowest BCUT2D eigenvalue weighted by molar-refractivity contribution is 0.0753. The maximum atomic E-state index is 12.7. The van der Waals surface area contributed by atoms with Crippen molar-refractivity contribution in [3.63, 3.8) is 0 Å². The molecular formula is C16H15BrINO. The van der Waals surface area contributed by atoms with E-state index in [4.69, 9.17) is 0 Å². The predicted octanol–water partition coefficient (Wildman–Crippen LogP) is 4.33. The van der Waals surface area contributed by atoms with E-state index in [0.29, 0.717) is 13.1 Å². The highest BCUT2D eigenvalue weighted by Crippen LogP contribution is 2.16. The normalized spacial score (nSPS) is 10.3. The number of carbonyl (C=O) groups excluding carboxylic acids is 1. The maximum absolute atomic E-state index is 12.7. The summed E-state index contributed by atoms with van der Waals surface area (Å²) in [4.78, 5) is 14.5. The molecule has 0 fully saturated rings. The molecule has 2 aromatic rings. The highest BCUT2D eigenvalue weighted by Gasteiger charge is 2.17. The van der Waals surface area contributed by atoms with E-state index in [9.17, 15) is 4.79 Å². The number of rotatable bonds is 5. The molecule has 104 valence electrons. The summed E-state index contributed by atoms with van der Waals surface area (Å²) in [5.74, 6) is 0.0818. The highest BCUT2D eigenvalue weighted by atomic mass is 127. The highest BCUT2D eigenvalue weighted by molar-refractivity contribution is 14.1. The Labute approximate surface area is 141 Å². The van der Waals surface area contributed by atoms with Gasteiger partial charge in [0.1, 0.15) is 0 Å². The Morgan fingerprint density at radius 1 is 1.05 bits per heavy atom. The quantitative estimate of drug-likeness (QED) is 0.497. The van der Waals surface area contributed by atoms with E-state index < -0.39 is 0 Å². The third-order valence-electron chi connectivity index (χ3n) is 2.96. The molecule has 2 rings (SSSR count). The molecule has 0 saturated heterocycles. The van der Waals surface area contributed by atoms with Gasteiger partial charge in [-0.2, -0.15) is 0 Å². The van der Waals surface area contributed by atoms with Crippen LogP contribution in [-0.4, -0.2) is 22.7 Å². The number of benzene rings is 2. The fourth-order valence-electron chi connectivity index (χ4n) is 1.96. The van der Waals surface area contributed by atoms with Gasteiger partial charge in [0.05, 0.1) is 5.56 Å². The number of hydrogen-bond donors (Lipinski definition) is 0. The Bertz CT molecular complexity index is 574. The van der Waals surface area contributed by atoms with Gasteiger partial charge in [-0.1, -0.05) is 58.4 Å². The summed E-state index contributed by atoms with van der Waals surface area (Å²) in [6.07, 6.45) is 0. The number of hydrogen-bond acceptors (Lipinski definition) is 1. The zero-order valence-electron chi connectivity index (χ0n) is 10.9. The van der Waals surface area contributed by atoms with E-state index in [2.05, 4.69) is 38.5 Å². The maximum Gasteiger partial charge on any atom is 0.255 e. The average molecular weight is 444 g/mol. The first-order valence-corrected chi connectivity index (χ1v) is 8.56. The molecule has 0 unspecified atom stereocenters. The molecule has 0 radical (unpaired) electrons. The molecule has 2 aromatic carbocycles. The fraction of sp³-hybridized carbons (Fsp3) is 0.188. The number of alkyl halides is 1. The van der Waals surface area contributed by atoms with Gasteiger partial charge in [-0.15, -0.1) is 0 Å². The third-order valence-corrected chi connectivity index (χ3v) is 4.26. The van der Waals surface area contributed by atoms with Gasteiger partial charge in [-0.3, -0.25) is 4.79 Å². The SMILES string of the molecule is O=C(c1ccccc1I)N(CCBr)Cc1ccccc1. The summed E-state index contributed by atoms with van der Waals surface area (Å²) < 4.78 is 0.989. The van der Waals surface area contributed by atoms with Crippen LogP contribution in [0.15, 0.2) is 54.6 Å². The zero-order valence-corrected chi connectivity index (χ0v) is 14.7. The molecule has 0 saturated carbocycles. The minimum atomic E-state index is 0.0818. The van der Waals surface area contributed by atoms with E-state index in [0.717, 1.165) is 20.0 Å². The van der Waals surface area contributed by atoms with Crippen molar-refractivity contribution in [2.24, 2.45) is 0 Å². The largest absolute Gasteiger partial charge is 0.333 e. The molecule has 4 heteroatoms. The fourth-order valence-corrected chi connectivity index (χ4v) is 3.01. The van der Waals surface area contributed by atoms with Crippen LogP contribution in [0.3, 0.4) is 0 Å². The molecular weight excluding hydrogens is 429 g/mol. The molecule has 0 aliphatic heterocycles. The summed E-state index contributed by atoms with van der Waals surface area (Å²) in [7, 11) is 0. The molecule has 0 aromatic heterocycles. The second-order valence-corrected chi connectivity index (χ2v) is 6.34. The number of halogens is 2. The average Bonchev–Trinajstić information content (AvgIpc) is 2.48. The lowest BCUT2D eigenvalue weighted by Gasteiger charge is -2.22. The topological polar surface area (TPSA) is 20.3 Å². The third kappa shape index (κ3) is 4.06. The molecule has 0 aliphatic rings. The van der Waals surface area contributed by atoms with Crippen molar-refractivity contribution in [2.45, 2.75) is 6.54 Å². The van der Waals surface area contributed by atoms with Crippen LogP contribution in [0.1, 0.15) is 15.9 Å². The van der Waals surface area contributed by atoms with Crippen molar-refractivity contribution in [3.05, 3.63) is 69.3 Å². The van der Waals surface area contributed by atoms with Crippen LogP contribution in [0.25, 0.3) is 0 Å². The van der Waals surface area contributed by atoms with Crippen molar-refractivity contribution < 1.29 is 4.79 Å². The predicted molar refractivity (Wildman–Crippen MR) is 94.1 cm³/mol. The van der Waals surface area contributed by atoms with Crippen LogP contribution in [-0.2, 0) is 6.54 Å². The first-order chi connectivity index (χ1) is 9.72. The summed E-state index contributed by atoms with van der Waals surface area (Å²) in [6, 6.07) is 17.8. The smallest absolute Gasteiger partial charge is 0.255 e. The van der Waals surface area contributed by atoms with Crippen LogP contribution in [0.5, 0.6) is 0 Å². The van der Waals surface area contributed by atoms with Crippen molar-refractivity contribution >= 4 is 44.4 Å². The standard InChI is InChI=1S/C16H15BrINO/c17-10-11-19(12-13-6-2-1-3-7-13)16(20)14-8-4-5-9-15(14)18/h1-9H,10-12H2. The molecule has 2 nitrogen and oxygen atoms in total.